The fourth-order valence-corrected chi connectivity index (χ4v) is 4.59. The fraction of sp³-hybridized carbons (Fsp3) is 0.385. The summed E-state index contributed by atoms with van der Waals surface area (Å²) in [6, 6.07) is 12.5. The molecule has 0 saturated carbocycles. The lowest BCUT2D eigenvalue weighted by molar-refractivity contribution is -0.140. The molecule has 1 amide bonds. The molecular weight excluding hydrogens is 420 g/mol. The molecule has 1 saturated heterocycles. The Labute approximate surface area is 194 Å². The summed E-state index contributed by atoms with van der Waals surface area (Å²) >= 11 is 0. The van der Waals surface area contributed by atoms with Gasteiger partial charge in [0.05, 0.1) is 24.8 Å². The topological polar surface area (TPSA) is 79.3 Å². The summed E-state index contributed by atoms with van der Waals surface area (Å²) in [5.74, 6) is -0.689. The number of Topliss-reactive ketones (excluding diaryl/α,β-unsaturated/α-hetero) is 1. The molecule has 0 radical (unpaired) electrons. The number of carbonyl (C=O) groups excluding carboxylic acids is 2. The van der Waals surface area contributed by atoms with Gasteiger partial charge in [0, 0.05) is 44.4 Å². The van der Waals surface area contributed by atoms with E-state index in [-0.39, 0.29) is 24.5 Å². The maximum Gasteiger partial charge on any atom is 0.295 e. The summed E-state index contributed by atoms with van der Waals surface area (Å²) in [7, 11) is 1.55. The van der Waals surface area contributed by atoms with Crippen LogP contribution in [-0.2, 0) is 20.7 Å². The number of aliphatic hydroxyl groups is 1. The Balaban J connectivity index is 1.79. The maximum absolute atomic E-state index is 13.1. The fourth-order valence-electron chi connectivity index (χ4n) is 4.59. The van der Waals surface area contributed by atoms with Crippen LogP contribution in [0.5, 0.6) is 5.75 Å². The van der Waals surface area contributed by atoms with Gasteiger partial charge >= 0.3 is 0 Å². The number of anilines is 1. The van der Waals surface area contributed by atoms with Crippen LogP contribution < -0.4 is 9.64 Å². The zero-order valence-electron chi connectivity index (χ0n) is 19.3. The molecule has 4 rings (SSSR count). The average molecular weight is 451 g/mol. The summed E-state index contributed by atoms with van der Waals surface area (Å²) in [6.45, 7) is 7.08. The van der Waals surface area contributed by atoms with Gasteiger partial charge in [-0.15, -0.1) is 0 Å². The summed E-state index contributed by atoms with van der Waals surface area (Å²) in [6.07, 6.45) is 0.745. The molecule has 0 aliphatic carbocycles. The molecule has 7 heteroatoms. The van der Waals surface area contributed by atoms with Crippen molar-refractivity contribution in [2.75, 3.05) is 44.9 Å². The second-order valence-electron chi connectivity index (χ2n) is 8.17. The van der Waals surface area contributed by atoms with Crippen molar-refractivity contribution in [3.63, 3.8) is 0 Å². The highest BCUT2D eigenvalue weighted by molar-refractivity contribution is 6.46. The SMILES string of the molecule is CCN(CC)c1ccc(C2/C(=C(/O)c3ccc4c(c3)CCO4)C(=O)C(=O)N2CCOC)cc1. The van der Waals surface area contributed by atoms with Crippen molar-refractivity contribution in [2.24, 2.45) is 0 Å². The number of nitrogens with zero attached hydrogens (tertiary/aromatic N) is 2. The molecule has 2 aromatic rings. The first-order chi connectivity index (χ1) is 16.0. The number of methoxy groups -OCH3 is 1. The van der Waals surface area contributed by atoms with Gasteiger partial charge in [-0.05, 0) is 55.3 Å². The van der Waals surface area contributed by atoms with Crippen molar-refractivity contribution in [1.82, 2.24) is 4.90 Å². The number of ether oxygens (including phenoxy) is 2. The molecule has 1 fully saturated rings. The molecular formula is C26H30N2O5. The molecule has 1 unspecified atom stereocenters. The van der Waals surface area contributed by atoms with Crippen LogP contribution >= 0.6 is 0 Å². The molecule has 0 spiro atoms. The lowest BCUT2D eigenvalue weighted by Crippen LogP contribution is -2.32. The van der Waals surface area contributed by atoms with Crippen LogP contribution in [0.4, 0.5) is 5.69 Å². The largest absolute Gasteiger partial charge is 0.507 e. The monoisotopic (exact) mass is 450 g/mol. The first-order valence-corrected chi connectivity index (χ1v) is 11.4. The van der Waals surface area contributed by atoms with Gasteiger partial charge in [0.2, 0.25) is 0 Å². The van der Waals surface area contributed by atoms with Crippen LogP contribution in [0, 0.1) is 0 Å². The normalized spacial score (nSPS) is 19.0. The number of likely N-dealkylation sites (tertiary alicyclic amines) is 1. The number of fused-ring (bicyclic) bond motifs is 1. The van der Waals surface area contributed by atoms with Crippen LogP contribution in [0.3, 0.4) is 0 Å². The summed E-state index contributed by atoms with van der Waals surface area (Å²) < 4.78 is 10.7. The van der Waals surface area contributed by atoms with E-state index in [0.717, 1.165) is 42.1 Å². The van der Waals surface area contributed by atoms with Gasteiger partial charge in [0.25, 0.3) is 11.7 Å². The van der Waals surface area contributed by atoms with Gasteiger partial charge in [-0.25, -0.2) is 0 Å². The van der Waals surface area contributed by atoms with E-state index >= 15 is 0 Å². The predicted molar refractivity (Wildman–Crippen MR) is 127 cm³/mol. The van der Waals surface area contributed by atoms with Crippen molar-refractivity contribution in [2.45, 2.75) is 26.3 Å². The summed E-state index contributed by atoms with van der Waals surface area (Å²) in [4.78, 5) is 29.7. The minimum Gasteiger partial charge on any atom is -0.507 e. The molecule has 174 valence electrons. The minimum absolute atomic E-state index is 0.102. The van der Waals surface area contributed by atoms with E-state index in [1.54, 1.807) is 19.2 Å². The third-order valence-corrected chi connectivity index (χ3v) is 6.38. The number of ketones is 1. The molecule has 2 aliphatic heterocycles. The predicted octanol–water partition coefficient (Wildman–Crippen LogP) is 3.54. The zero-order chi connectivity index (χ0) is 23.5. The first kappa shape index (κ1) is 22.9. The summed E-state index contributed by atoms with van der Waals surface area (Å²) in [5, 5.41) is 11.2. The Kier molecular flexibility index (Phi) is 6.70. The first-order valence-electron chi connectivity index (χ1n) is 11.4. The van der Waals surface area contributed by atoms with Gasteiger partial charge in [-0.3, -0.25) is 9.59 Å². The molecule has 0 aromatic heterocycles. The Morgan fingerprint density at radius 2 is 1.88 bits per heavy atom. The van der Waals surface area contributed by atoms with E-state index in [2.05, 4.69) is 18.7 Å². The van der Waals surface area contributed by atoms with Gasteiger partial charge in [0.1, 0.15) is 11.5 Å². The highest BCUT2D eigenvalue weighted by atomic mass is 16.5. The van der Waals surface area contributed by atoms with Gasteiger partial charge < -0.3 is 24.4 Å². The molecule has 2 aromatic carbocycles. The Bertz CT molecular complexity index is 1070. The molecule has 2 heterocycles. The number of benzene rings is 2. The minimum atomic E-state index is -0.685. The molecule has 2 aliphatic rings. The Hall–Kier alpha value is -3.32. The van der Waals surface area contributed by atoms with Crippen LogP contribution in [0.15, 0.2) is 48.0 Å². The lowest BCUT2D eigenvalue weighted by Gasteiger charge is -2.26. The van der Waals surface area contributed by atoms with Crippen molar-refractivity contribution in [3.8, 4) is 5.75 Å². The van der Waals surface area contributed by atoms with Crippen LogP contribution in [0.1, 0.15) is 36.6 Å². The smallest absolute Gasteiger partial charge is 0.295 e. The third kappa shape index (κ3) is 4.20. The lowest BCUT2D eigenvalue weighted by atomic mass is 9.94. The molecule has 0 bridgehead atoms. The molecule has 33 heavy (non-hydrogen) atoms. The number of hydrogen-bond donors (Lipinski definition) is 1. The zero-order valence-corrected chi connectivity index (χ0v) is 19.3. The quantitative estimate of drug-likeness (QED) is 0.377. The average Bonchev–Trinajstić information content (AvgIpc) is 3.41. The van der Waals surface area contributed by atoms with E-state index in [4.69, 9.17) is 9.47 Å². The number of aliphatic hydroxyl groups excluding tert-OH is 1. The second-order valence-corrected chi connectivity index (χ2v) is 8.17. The number of amides is 1. The maximum atomic E-state index is 13.1. The van der Waals surface area contributed by atoms with Crippen molar-refractivity contribution in [1.29, 1.82) is 0 Å². The van der Waals surface area contributed by atoms with Gasteiger partial charge in [-0.2, -0.15) is 0 Å². The van der Waals surface area contributed by atoms with Crippen molar-refractivity contribution < 1.29 is 24.2 Å². The van der Waals surface area contributed by atoms with Gasteiger partial charge in [0.15, 0.2) is 0 Å². The van der Waals surface area contributed by atoms with Crippen LogP contribution in [-0.4, -0.2) is 61.7 Å². The number of hydrogen-bond acceptors (Lipinski definition) is 6. The van der Waals surface area contributed by atoms with Crippen LogP contribution in [0.2, 0.25) is 0 Å². The third-order valence-electron chi connectivity index (χ3n) is 6.38. The van der Waals surface area contributed by atoms with E-state index in [9.17, 15) is 14.7 Å². The number of rotatable bonds is 8. The van der Waals surface area contributed by atoms with Crippen molar-refractivity contribution in [3.05, 3.63) is 64.7 Å². The highest BCUT2D eigenvalue weighted by Gasteiger charge is 2.46. The van der Waals surface area contributed by atoms with Crippen LogP contribution in [0.25, 0.3) is 5.76 Å². The number of carbonyl (C=O) groups is 2. The van der Waals surface area contributed by atoms with E-state index in [1.165, 1.54) is 4.90 Å². The molecule has 7 nitrogen and oxygen atoms in total. The Morgan fingerprint density at radius 3 is 2.55 bits per heavy atom. The Morgan fingerprint density at radius 1 is 1.15 bits per heavy atom. The molecule has 1 atom stereocenters. The van der Waals surface area contributed by atoms with Crippen molar-refractivity contribution >= 4 is 23.1 Å². The standard InChI is InChI=1S/C26H30N2O5/c1-4-27(5-2)20-9-6-17(7-10-20)23-22(25(30)26(31)28(23)13-15-32-3)24(29)19-8-11-21-18(16-19)12-14-33-21/h6-11,16,23,29H,4-5,12-15H2,1-3H3/b24-22-. The van der Waals surface area contributed by atoms with E-state index in [0.29, 0.717) is 12.2 Å². The van der Waals surface area contributed by atoms with E-state index in [1.807, 2.05) is 30.3 Å². The van der Waals surface area contributed by atoms with Gasteiger partial charge in [-0.1, -0.05) is 12.1 Å². The highest BCUT2D eigenvalue weighted by Crippen LogP contribution is 2.40. The second kappa shape index (κ2) is 9.67. The van der Waals surface area contributed by atoms with E-state index < -0.39 is 17.7 Å². The molecule has 1 N–H and O–H groups in total. The summed E-state index contributed by atoms with van der Waals surface area (Å²) in [5.41, 5.74) is 3.43.